The number of aromatic nitrogens is 1. The number of amides is 1. The lowest BCUT2D eigenvalue weighted by Crippen LogP contribution is -2.11. The summed E-state index contributed by atoms with van der Waals surface area (Å²) in [5.41, 5.74) is 1.65. The molecule has 0 aromatic carbocycles. The minimum atomic E-state index is -0.0597. The Kier molecular flexibility index (Phi) is 4.92. The number of hydrogen-bond acceptors (Lipinski definition) is 2. The molecule has 1 aromatic rings. The Hall–Kier alpha value is -1.42. The first-order valence-electron chi connectivity index (χ1n) is 4.80. The lowest BCUT2D eigenvalue weighted by Gasteiger charge is -2.04. The van der Waals surface area contributed by atoms with Gasteiger partial charge in [0.05, 0.1) is 11.9 Å². The molecule has 1 rings (SSSR count). The lowest BCUT2D eigenvalue weighted by molar-refractivity contribution is -0.115. The molecular formula is C12H13BrN2O. The maximum Gasteiger partial charge on any atom is 0.228 e. The number of hydrogen-bond donors (Lipinski definition) is 1. The fourth-order valence-electron chi connectivity index (χ4n) is 1.20. The fraction of sp³-hybridized carbons (Fsp3) is 0.167. The van der Waals surface area contributed by atoms with Crippen molar-refractivity contribution in [3.05, 3.63) is 47.2 Å². The molecule has 0 aliphatic heterocycles. The van der Waals surface area contributed by atoms with Crippen molar-refractivity contribution in [1.29, 1.82) is 0 Å². The van der Waals surface area contributed by atoms with Crippen molar-refractivity contribution in [2.24, 2.45) is 0 Å². The number of allylic oxidation sites excluding steroid dienone is 2. The van der Waals surface area contributed by atoms with Crippen LogP contribution in [0.2, 0.25) is 0 Å². The number of halogens is 1. The number of carbonyl (C=O) groups is 1. The van der Waals surface area contributed by atoms with Gasteiger partial charge in [0.1, 0.15) is 0 Å². The summed E-state index contributed by atoms with van der Waals surface area (Å²) < 4.78 is 0.837. The Labute approximate surface area is 103 Å². The smallest absolute Gasteiger partial charge is 0.228 e. The maximum absolute atomic E-state index is 11.6. The first-order chi connectivity index (χ1) is 7.61. The maximum atomic E-state index is 11.6. The van der Waals surface area contributed by atoms with E-state index in [2.05, 4.69) is 32.8 Å². The molecule has 1 aromatic heterocycles. The highest BCUT2D eigenvalue weighted by molar-refractivity contribution is 9.10. The largest absolute Gasteiger partial charge is 0.324 e. The summed E-state index contributed by atoms with van der Waals surface area (Å²) >= 11 is 3.29. The van der Waals surface area contributed by atoms with Crippen LogP contribution in [0.5, 0.6) is 0 Å². The first-order valence-corrected chi connectivity index (χ1v) is 5.59. The molecule has 84 valence electrons. The molecule has 3 nitrogen and oxygen atoms in total. The van der Waals surface area contributed by atoms with E-state index >= 15 is 0 Å². The summed E-state index contributed by atoms with van der Waals surface area (Å²) in [6.45, 7) is 5.47. The molecule has 1 heterocycles. The number of anilines is 1. The van der Waals surface area contributed by atoms with Crippen LogP contribution in [-0.2, 0) is 4.79 Å². The van der Waals surface area contributed by atoms with E-state index in [1.165, 1.54) is 0 Å². The van der Waals surface area contributed by atoms with Crippen molar-refractivity contribution in [2.45, 2.75) is 13.3 Å². The molecule has 16 heavy (non-hydrogen) atoms. The molecule has 0 aliphatic carbocycles. The van der Waals surface area contributed by atoms with Gasteiger partial charge in [-0.05, 0) is 28.9 Å². The van der Waals surface area contributed by atoms with E-state index in [9.17, 15) is 4.79 Å². The first kappa shape index (κ1) is 12.6. The molecule has 1 amide bonds. The van der Waals surface area contributed by atoms with Crippen molar-refractivity contribution >= 4 is 27.5 Å². The van der Waals surface area contributed by atoms with Crippen molar-refractivity contribution in [2.75, 3.05) is 5.32 Å². The van der Waals surface area contributed by atoms with Crippen LogP contribution in [0.4, 0.5) is 5.69 Å². The van der Waals surface area contributed by atoms with Gasteiger partial charge >= 0.3 is 0 Å². The zero-order valence-corrected chi connectivity index (χ0v) is 10.6. The van der Waals surface area contributed by atoms with E-state index in [4.69, 9.17) is 0 Å². The molecule has 4 heteroatoms. The number of rotatable bonds is 4. The summed E-state index contributed by atoms with van der Waals surface area (Å²) in [6, 6.07) is 1.80. The molecule has 0 aliphatic rings. The number of pyridine rings is 1. The third-order valence-corrected chi connectivity index (χ3v) is 2.26. The van der Waals surface area contributed by atoms with Gasteiger partial charge in [0.25, 0.3) is 0 Å². The Balaban J connectivity index is 2.58. The van der Waals surface area contributed by atoms with Crippen LogP contribution in [0.1, 0.15) is 13.3 Å². The number of nitrogens with one attached hydrogen (secondary N) is 1. The predicted octanol–water partition coefficient (Wildman–Crippen LogP) is 3.31. The minimum absolute atomic E-state index is 0.0597. The Bertz CT molecular complexity index is 427. The molecule has 0 spiro atoms. The number of carbonyl (C=O) groups excluding carboxylic acids is 1. The van der Waals surface area contributed by atoms with Crippen LogP contribution in [0.25, 0.3) is 0 Å². The van der Waals surface area contributed by atoms with Gasteiger partial charge in [0.15, 0.2) is 0 Å². The number of nitrogens with zero attached hydrogens (tertiary/aromatic N) is 1. The standard InChI is InChI=1S/C12H13BrN2O/c1-3-4-9(2)5-12(16)15-11-6-10(13)7-14-8-11/h3-4,6-8H,1,5H2,2H3,(H,15,16)/b9-4+. The zero-order chi connectivity index (χ0) is 12.0. The van der Waals surface area contributed by atoms with Crippen molar-refractivity contribution in [3.63, 3.8) is 0 Å². The summed E-state index contributed by atoms with van der Waals surface area (Å²) in [5, 5.41) is 2.77. The van der Waals surface area contributed by atoms with E-state index in [0.717, 1.165) is 10.0 Å². The molecule has 0 fully saturated rings. The Morgan fingerprint density at radius 3 is 3.00 bits per heavy atom. The van der Waals surface area contributed by atoms with E-state index in [1.807, 2.05) is 13.0 Å². The monoisotopic (exact) mass is 280 g/mol. The van der Waals surface area contributed by atoms with Gasteiger partial charge in [0, 0.05) is 17.1 Å². The molecule has 0 saturated heterocycles. The summed E-state index contributed by atoms with van der Waals surface area (Å²) in [6.07, 6.45) is 7.12. The third kappa shape index (κ3) is 4.40. The fourth-order valence-corrected chi connectivity index (χ4v) is 1.56. The van der Waals surface area contributed by atoms with Crippen LogP contribution in [-0.4, -0.2) is 10.9 Å². The molecule has 0 radical (unpaired) electrons. The second-order valence-corrected chi connectivity index (χ2v) is 4.28. The van der Waals surface area contributed by atoms with E-state index in [0.29, 0.717) is 12.1 Å². The van der Waals surface area contributed by atoms with Gasteiger partial charge in [-0.1, -0.05) is 24.3 Å². The van der Waals surface area contributed by atoms with Crippen molar-refractivity contribution in [3.8, 4) is 0 Å². The normalized spacial score (nSPS) is 11.0. The molecule has 0 saturated carbocycles. The van der Waals surface area contributed by atoms with Gasteiger partial charge in [0.2, 0.25) is 5.91 Å². The van der Waals surface area contributed by atoms with Crippen LogP contribution in [0.15, 0.2) is 47.2 Å². The molecule has 0 bridgehead atoms. The van der Waals surface area contributed by atoms with Gasteiger partial charge in [-0.15, -0.1) is 0 Å². The minimum Gasteiger partial charge on any atom is -0.324 e. The van der Waals surface area contributed by atoms with Crippen LogP contribution < -0.4 is 5.32 Å². The lowest BCUT2D eigenvalue weighted by atomic mass is 10.2. The van der Waals surface area contributed by atoms with Crippen LogP contribution in [0, 0.1) is 0 Å². The van der Waals surface area contributed by atoms with Gasteiger partial charge in [-0.2, -0.15) is 0 Å². The van der Waals surface area contributed by atoms with Crippen molar-refractivity contribution in [1.82, 2.24) is 4.98 Å². The average Bonchev–Trinajstić information content (AvgIpc) is 2.17. The molecule has 0 atom stereocenters. The van der Waals surface area contributed by atoms with Gasteiger partial charge < -0.3 is 5.32 Å². The topological polar surface area (TPSA) is 42.0 Å². The van der Waals surface area contributed by atoms with E-state index in [-0.39, 0.29) is 5.91 Å². The summed E-state index contributed by atoms with van der Waals surface area (Å²) in [5.74, 6) is -0.0597. The molecular weight excluding hydrogens is 268 g/mol. The van der Waals surface area contributed by atoms with E-state index < -0.39 is 0 Å². The zero-order valence-electron chi connectivity index (χ0n) is 9.03. The second-order valence-electron chi connectivity index (χ2n) is 3.37. The highest BCUT2D eigenvalue weighted by Crippen LogP contribution is 2.14. The predicted molar refractivity (Wildman–Crippen MR) is 69.1 cm³/mol. The Morgan fingerprint density at radius 1 is 1.62 bits per heavy atom. The van der Waals surface area contributed by atoms with Gasteiger partial charge in [-0.3, -0.25) is 9.78 Å². The highest BCUT2D eigenvalue weighted by atomic mass is 79.9. The summed E-state index contributed by atoms with van der Waals surface area (Å²) in [7, 11) is 0. The third-order valence-electron chi connectivity index (χ3n) is 1.83. The average molecular weight is 281 g/mol. The molecule has 1 N–H and O–H groups in total. The van der Waals surface area contributed by atoms with Crippen LogP contribution in [0.3, 0.4) is 0 Å². The Morgan fingerprint density at radius 2 is 2.38 bits per heavy atom. The second kappa shape index (κ2) is 6.23. The SMILES string of the molecule is C=C/C=C(\C)CC(=O)Nc1cncc(Br)c1. The molecule has 0 unspecified atom stereocenters. The van der Waals surface area contributed by atoms with E-state index in [1.54, 1.807) is 24.5 Å². The van der Waals surface area contributed by atoms with Crippen molar-refractivity contribution < 1.29 is 4.79 Å². The van der Waals surface area contributed by atoms with Crippen LogP contribution >= 0.6 is 15.9 Å². The quantitative estimate of drug-likeness (QED) is 0.860. The highest BCUT2D eigenvalue weighted by Gasteiger charge is 2.03. The van der Waals surface area contributed by atoms with Gasteiger partial charge in [-0.25, -0.2) is 0 Å². The summed E-state index contributed by atoms with van der Waals surface area (Å²) in [4.78, 5) is 15.5.